The van der Waals surface area contributed by atoms with Gasteiger partial charge in [-0.25, -0.2) is 4.57 Å². The maximum Gasteiger partial charge on any atom is 0.174 e. The molecule has 1 saturated carbocycles. The second-order valence-corrected chi connectivity index (χ2v) is 8.52. The first-order chi connectivity index (χ1) is 13.4. The summed E-state index contributed by atoms with van der Waals surface area (Å²) in [5, 5.41) is 0. The molecule has 3 aliphatic rings. The third-order valence-electron chi connectivity index (χ3n) is 6.76. The van der Waals surface area contributed by atoms with Crippen LogP contribution in [0.3, 0.4) is 0 Å². The van der Waals surface area contributed by atoms with Gasteiger partial charge in [-0.05, 0) is 38.2 Å². The Morgan fingerprint density at radius 3 is 2.67 bits per heavy atom. The van der Waals surface area contributed by atoms with Crippen molar-refractivity contribution >= 4 is 0 Å². The fourth-order valence-corrected chi connectivity index (χ4v) is 5.52. The van der Waals surface area contributed by atoms with Crippen LogP contribution in [0.4, 0.5) is 0 Å². The Kier molecular flexibility index (Phi) is 4.83. The van der Waals surface area contributed by atoms with Crippen LogP contribution in [-0.4, -0.2) is 6.10 Å². The van der Waals surface area contributed by atoms with Crippen molar-refractivity contribution < 1.29 is 9.30 Å². The molecule has 0 radical (unpaired) electrons. The van der Waals surface area contributed by atoms with E-state index in [4.69, 9.17) is 4.74 Å². The smallest absolute Gasteiger partial charge is 0.174 e. The number of rotatable bonds is 3. The highest BCUT2D eigenvalue weighted by Crippen LogP contribution is 2.50. The van der Waals surface area contributed by atoms with E-state index in [1.807, 2.05) is 0 Å². The molecular weight excluding hydrogens is 330 g/mol. The van der Waals surface area contributed by atoms with Crippen molar-refractivity contribution in [1.29, 1.82) is 0 Å². The number of pyridine rings is 1. The predicted octanol–water partition coefficient (Wildman–Crippen LogP) is 5.38. The lowest BCUT2D eigenvalue weighted by Crippen LogP contribution is -2.42. The first-order valence-electron chi connectivity index (χ1n) is 10.8. The van der Waals surface area contributed by atoms with Crippen molar-refractivity contribution in [3.63, 3.8) is 0 Å². The van der Waals surface area contributed by atoms with Gasteiger partial charge in [-0.3, -0.25) is 0 Å². The van der Waals surface area contributed by atoms with Gasteiger partial charge in [0.05, 0.1) is 12.2 Å². The highest BCUT2D eigenvalue weighted by atomic mass is 16.5. The van der Waals surface area contributed by atoms with E-state index in [2.05, 4.69) is 65.5 Å². The van der Waals surface area contributed by atoms with Crippen LogP contribution in [0.25, 0.3) is 0 Å². The van der Waals surface area contributed by atoms with Gasteiger partial charge in [0.1, 0.15) is 0 Å². The molecular formula is C25H30NO+. The van der Waals surface area contributed by atoms with Crippen molar-refractivity contribution in [2.75, 3.05) is 0 Å². The highest BCUT2D eigenvalue weighted by molar-refractivity contribution is 5.25. The zero-order chi connectivity index (χ0) is 18.1. The van der Waals surface area contributed by atoms with Crippen molar-refractivity contribution in [2.45, 2.75) is 63.7 Å². The molecule has 2 heterocycles. The van der Waals surface area contributed by atoms with Gasteiger partial charge in [0.15, 0.2) is 18.9 Å². The number of hydrogen-bond donors (Lipinski definition) is 0. The Bertz CT molecular complexity index is 812. The largest absolute Gasteiger partial charge is 0.369 e. The second kappa shape index (κ2) is 7.59. The maximum atomic E-state index is 6.80. The normalized spacial score (nSPS) is 30.1. The lowest BCUT2D eigenvalue weighted by Gasteiger charge is -2.47. The summed E-state index contributed by atoms with van der Waals surface area (Å²) in [6.07, 6.45) is 16.9. The molecule has 1 aliphatic heterocycles. The third-order valence-corrected chi connectivity index (χ3v) is 6.76. The number of hydrogen-bond acceptors (Lipinski definition) is 1. The molecule has 2 aromatic rings. The summed E-state index contributed by atoms with van der Waals surface area (Å²) in [5.74, 6) is 1.28. The summed E-state index contributed by atoms with van der Waals surface area (Å²) >= 11 is 0. The SMILES string of the molecule is C1=C2[C@@H](CCC1)[C@H](c1ccc[n+](Cc3ccccc3)c1)O[C@H]1CCCC[C@@H]21. The van der Waals surface area contributed by atoms with E-state index in [-0.39, 0.29) is 6.10 Å². The third kappa shape index (κ3) is 3.48. The van der Waals surface area contributed by atoms with Crippen molar-refractivity contribution in [3.8, 4) is 0 Å². The molecule has 0 spiro atoms. The summed E-state index contributed by atoms with van der Waals surface area (Å²) < 4.78 is 9.11. The molecule has 2 aliphatic carbocycles. The second-order valence-electron chi connectivity index (χ2n) is 8.52. The molecule has 1 aromatic carbocycles. The predicted molar refractivity (Wildman–Crippen MR) is 107 cm³/mol. The number of ether oxygens (including phenoxy) is 1. The molecule has 1 saturated heterocycles. The molecule has 5 rings (SSSR count). The number of aromatic nitrogens is 1. The lowest BCUT2D eigenvalue weighted by atomic mass is 9.68. The van der Waals surface area contributed by atoms with Gasteiger partial charge in [-0.1, -0.05) is 54.8 Å². The molecule has 0 bridgehead atoms. The van der Waals surface area contributed by atoms with E-state index < -0.39 is 0 Å². The average Bonchev–Trinajstić information content (AvgIpc) is 2.74. The monoisotopic (exact) mass is 360 g/mol. The Morgan fingerprint density at radius 1 is 0.889 bits per heavy atom. The molecule has 0 unspecified atom stereocenters. The van der Waals surface area contributed by atoms with Gasteiger partial charge in [0, 0.05) is 29.0 Å². The summed E-state index contributed by atoms with van der Waals surface area (Å²) in [7, 11) is 0. The first kappa shape index (κ1) is 17.2. The van der Waals surface area contributed by atoms with Gasteiger partial charge < -0.3 is 4.74 Å². The van der Waals surface area contributed by atoms with Crippen LogP contribution in [-0.2, 0) is 11.3 Å². The lowest BCUT2D eigenvalue weighted by molar-refractivity contribution is -0.689. The summed E-state index contributed by atoms with van der Waals surface area (Å²) in [4.78, 5) is 0. The standard InChI is InChI=1S/C25H30NO/c1-2-9-19(10-3-1)17-26-16-8-11-20(18-26)25-23-14-5-4-12-21(23)22-13-6-7-15-24(22)27-25/h1-3,8-12,16,18,22-25H,4-7,13-15,17H2/q+1/t22-,23+,24-,25-/m0/s1. The van der Waals surface area contributed by atoms with Crippen molar-refractivity contribution in [1.82, 2.24) is 0 Å². The van der Waals surface area contributed by atoms with Gasteiger partial charge in [-0.2, -0.15) is 0 Å². The minimum atomic E-state index is 0.235. The molecule has 140 valence electrons. The molecule has 2 fully saturated rings. The minimum Gasteiger partial charge on any atom is -0.369 e. The number of nitrogens with zero attached hydrogens (tertiary/aromatic N) is 1. The van der Waals surface area contributed by atoms with E-state index in [0.29, 0.717) is 17.9 Å². The van der Waals surface area contributed by atoms with Crippen LogP contribution in [0, 0.1) is 11.8 Å². The Morgan fingerprint density at radius 2 is 1.74 bits per heavy atom. The molecule has 0 N–H and O–H groups in total. The Hall–Kier alpha value is -1.93. The average molecular weight is 361 g/mol. The summed E-state index contributed by atoms with van der Waals surface area (Å²) in [6, 6.07) is 15.2. The van der Waals surface area contributed by atoms with E-state index in [1.54, 1.807) is 5.57 Å². The first-order valence-corrected chi connectivity index (χ1v) is 10.8. The fourth-order valence-electron chi connectivity index (χ4n) is 5.52. The molecule has 4 atom stereocenters. The van der Waals surface area contributed by atoms with E-state index in [9.17, 15) is 0 Å². The Labute approximate surface area is 162 Å². The van der Waals surface area contributed by atoms with Crippen molar-refractivity contribution in [2.24, 2.45) is 11.8 Å². The van der Waals surface area contributed by atoms with Crippen LogP contribution in [0.1, 0.15) is 62.2 Å². The zero-order valence-electron chi connectivity index (χ0n) is 16.1. The Balaban J connectivity index is 1.44. The minimum absolute atomic E-state index is 0.235. The molecule has 27 heavy (non-hydrogen) atoms. The van der Waals surface area contributed by atoms with E-state index in [1.165, 1.54) is 56.1 Å². The van der Waals surface area contributed by atoms with Crippen LogP contribution in [0.15, 0.2) is 66.5 Å². The molecule has 0 amide bonds. The van der Waals surface area contributed by atoms with Crippen molar-refractivity contribution in [3.05, 3.63) is 77.6 Å². The van der Waals surface area contributed by atoms with Gasteiger partial charge >= 0.3 is 0 Å². The molecule has 1 aromatic heterocycles. The maximum absolute atomic E-state index is 6.80. The number of benzene rings is 1. The van der Waals surface area contributed by atoms with E-state index in [0.717, 1.165) is 6.54 Å². The number of fused-ring (bicyclic) bond motifs is 3. The quantitative estimate of drug-likeness (QED) is 0.529. The van der Waals surface area contributed by atoms with Crippen LogP contribution in [0.5, 0.6) is 0 Å². The summed E-state index contributed by atoms with van der Waals surface area (Å²) in [6.45, 7) is 0.917. The zero-order valence-corrected chi connectivity index (χ0v) is 16.1. The summed E-state index contributed by atoms with van der Waals surface area (Å²) in [5.41, 5.74) is 4.44. The fraction of sp³-hybridized carbons (Fsp3) is 0.480. The molecule has 2 heteroatoms. The topological polar surface area (TPSA) is 13.1 Å². The van der Waals surface area contributed by atoms with Gasteiger partial charge in [-0.15, -0.1) is 0 Å². The van der Waals surface area contributed by atoms with E-state index >= 15 is 0 Å². The van der Waals surface area contributed by atoms with Crippen LogP contribution < -0.4 is 4.57 Å². The van der Waals surface area contributed by atoms with Gasteiger partial charge in [0.25, 0.3) is 0 Å². The number of allylic oxidation sites excluding steroid dienone is 1. The van der Waals surface area contributed by atoms with Gasteiger partial charge in [0.2, 0.25) is 0 Å². The van der Waals surface area contributed by atoms with Crippen LogP contribution >= 0.6 is 0 Å². The highest BCUT2D eigenvalue weighted by Gasteiger charge is 2.44. The van der Waals surface area contributed by atoms with Crippen LogP contribution in [0.2, 0.25) is 0 Å². The molecule has 2 nitrogen and oxygen atoms in total.